The number of nitrogens with two attached hydrogens (primary N) is 1. The third kappa shape index (κ3) is 5.52. The molecule has 0 heterocycles. The van der Waals surface area contributed by atoms with Crippen LogP contribution >= 0.6 is 11.6 Å². The van der Waals surface area contributed by atoms with E-state index in [9.17, 15) is 13.2 Å². The number of sulfonamides is 1. The second-order valence-electron chi connectivity index (χ2n) is 6.63. The van der Waals surface area contributed by atoms with E-state index in [0.29, 0.717) is 10.7 Å². The first kappa shape index (κ1) is 21.4. The number of anilines is 1. The fraction of sp³-hybridized carbons (Fsp3) is 0.316. The zero-order valence-corrected chi connectivity index (χ0v) is 17.4. The lowest BCUT2D eigenvalue weighted by Crippen LogP contribution is -2.91. The normalized spacial score (nSPS) is 14.0. The van der Waals surface area contributed by atoms with Gasteiger partial charge in [-0.25, -0.2) is 12.7 Å². The SMILES string of the molecule is C[C@H]([NH2+][C@H](C)c1cccc(Cl)c1)C(=O)Nc1cccc(S(=O)(=O)N(C)C)c1. The van der Waals surface area contributed by atoms with E-state index in [4.69, 9.17) is 11.6 Å². The minimum atomic E-state index is -3.55. The van der Waals surface area contributed by atoms with Crippen molar-refractivity contribution in [1.29, 1.82) is 0 Å². The number of nitrogens with zero attached hydrogens (tertiary/aromatic N) is 1. The van der Waals surface area contributed by atoms with Crippen molar-refractivity contribution in [3.8, 4) is 0 Å². The highest BCUT2D eigenvalue weighted by molar-refractivity contribution is 7.89. The molecule has 0 aromatic heterocycles. The van der Waals surface area contributed by atoms with Crippen LogP contribution in [0.2, 0.25) is 5.02 Å². The van der Waals surface area contributed by atoms with E-state index < -0.39 is 10.0 Å². The van der Waals surface area contributed by atoms with Crippen molar-refractivity contribution in [3.05, 3.63) is 59.1 Å². The van der Waals surface area contributed by atoms with Crippen LogP contribution in [0.25, 0.3) is 0 Å². The summed E-state index contributed by atoms with van der Waals surface area (Å²) in [6.07, 6.45) is 0. The van der Waals surface area contributed by atoms with E-state index in [1.807, 2.05) is 36.5 Å². The van der Waals surface area contributed by atoms with E-state index >= 15 is 0 Å². The van der Waals surface area contributed by atoms with Crippen molar-refractivity contribution in [2.45, 2.75) is 30.8 Å². The Hall–Kier alpha value is -1.93. The number of nitrogens with one attached hydrogen (secondary N) is 1. The predicted octanol–water partition coefficient (Wildman–Crippen LogP) is 2.24. The third-order valence-corrected chi connectivity index (χ3v) is 6.29. The summed E-state index contributed by atoms with van der Waals surface area (Å²) >= 11 is 6.02. The van der Waals surface area contributed by atoms with Crippen molar-refractivity contribution in [3.63, 3.8) is 0 Å². The summed E-state index contributed by atoms with van der Waals surface area (Å²) in [4.78, 5) is 12.6. The Bertz CT molecular complexity index is 916. The molecule has 27 heavy (non-hydrogen) atoms. The summed E-state index contributed by atoms with van der Waals surface area (Å²) in [6.45, 7) is 3.80. The summed E-state index contributed by atoms with van der Waals surface area (Å²) in [5, 5.41) is 5.37. The Morgan fingerprint density at radius 3 is 2.41 bits per heavy atom. The van der Waals surface area contributed by atoms with Crippen LogP contribution in [0.4, 0.5) is 5.69 Å². The first-order valence-corrected chi connectivity index (χ1v) is 10.4. The van der Waals surface area contributed by atoms with Gasteiger partial charge in [0, 0.05) is 30.4 Å². The maximum atomic E-state index is 12.5. The van der Waals surface area contributed by atoms with Gasteiger partial charge in [0.1, 0.15) is 6.04 Å². The first-order valence-electron chi connectivity index (χ1n) is 8.55. The number of carbonyl (C=O) groups excluding carboxylic acids is 1. The van der Waals surface area contributed by atoms with Gasteiger partial charge in [-0.1, -0.05) is 29.8 Å². The lowest BCUT2D eigenvalue weighted by atomic mass is 10.1. The Morgan fingerprint density at radius 2 is 1.78 bits per heavy atom. The summed E-state index contributed by atoms with van der Waals surface area (Å²) < 4.78 is 25.6. The topological polar surface area (TPSA) is 83.1 Å². The molecule has 0 unspecified atom stereocenters. The zero-order valence-electron chi connectivity index (χ0n) is 15.8. The van der Waals surface area contributed by atoms with Gasteiger partial charge in [0.25, 0.3) is 5.91 Å². The smallest absolute Gasteiger partial charge is 0.282 e. The standard InChI is InChI=1S/C19H24ClN3O3S/c1-13(15-7-5-8-16(20)11-15)21-14(2)19(24)22-17-9-6-10-18(12-17)27(25,26)23(3)4/h5-14,21H,1-4H3,(H,22,24)/p+1/t13-,14+/m1/s1. The molecule has 0 aliphatic rings. The number of carbonyl (C=O) groups is 1. The van der Waals surface area contributed by atoms with E-state index in [0.717, 1.165) is 9.87 Å². The number of hydrogen-bond acceptors (Lipinski definition) is 3. The molecule has 6 nitrogen and oxygen atoms in total. The molecule has 2 aromatic rings. The Kier molecular flexibility index (Phi) is 7.00. The van der Waals surface area contributed by atoms with Gasteiger partial charge >= 0.3 is 0 Å². The Balaban J connectivity index is 2.06. The van der Waals surface area contributed by atoms with Gasteiger partial charge in [0.15, 0.2) is 6.04 Å². The van der Waals surface area contributed by atoms with Crippen LogP contribution in [-0.2, 0) is 14.8 Å². The zero-order chi connectivity index (χ0) is 20.2. The molecule has 146 valence electrons. The molecule has 0 aliphatic heterocycles. The first-order chi connectivity index (χ1) is 12.6. The maximum absolute atomic E-state index is 12.5. The molecule has 0 spiro atoms. The molecule has 2 rings (SSSR count). The maximum Gasteiger partial charge on any atom is 0.282 e. The third-order valence-electron chi connectivity index (χ3n) is 4.25. The van der Waals surface area contributed by atoms with Gasteiger partial charge in [0.2, 0.25) is 10.0 Å². The molecule has 0 radical (unpaired) electrons. The average Bonchev–Trinajstić information content (AvgIpc) is 2.61. The van der Waals surface area contributed by atoms with Gasteiger partial charge in [-0.05, 0) is 44.2 Å². The number of quaternary nitrogens is 1. The van der Waals surface area contributed by atoms with Crippen molar-refractivity contribution in [2.24, 2.45) is 0 Å². The largest absolute Gasteiger partial charge is 0.330 e. The van der Waals surface area contributed by atoms with E-state index in [1.165, 1.54) is 26.2 Å². The van der Waals surface area contributed by atoms with Crippen molar-refractivity contribution in [2.75, 3.05) is 19.4 Å². The fourth-order valence-electron chi connectivity index (χ4n) is 2.62. The summed E-state index contributed by atoms with van der Waals surface area (Å²) in [5.74, 6) is -0.205. The van der Waals surface area contributed by atoms with Crippen molar-refractivity contribution in [1.82, 2.24) is 4.31 Å². The monoisotopic (exact) mass is 410 g/mol. The minimum Gasteiger partial charge on any atom is -0.330 e. The second kappa shape index (κ2) is 8.84. The van der Waals surface area contributed by atoms with Crippen LogP contribution in [0.3, 0.4) is 0 Å². The van der Waals surface area contributed by atoms with Crippen LogP contribution in [-0.4, -0.2) is 38.8 Å². The molecule has 3 N–H and O–H groups in total. The van der Waals surface area contributed by atoms with Crippen molar-refractivity contribution < 1.29 is 18.5 Å². The van der Waals surface area contributed by atoms with Gasteiger partial charge < -0.3 is 10.6 Å². The van der Waals surface area contributed by atoms with Crippen LogP contribution < -0.4 is 10.6 Å². The van der Waals surface area contributed by atoms with Crippen LogP contribution in [0.15, 0.2) is 53.4 Å². The molecule has 1 amide bonds. The fourth-order valence-corrected chi connectivity index (χ4v) is 3.77. The lowest BCUT2D eigenvalue weighted by Gasteiger charge is -2.17. The highest BCUT2D eigenvalue weighted by Gasteiger charge is 2.22. The number of amides is 1. The molecular weight excluding hydrogens is 386 g/mol. The van der Waals surface area contributed by atoms with Gasteiger partial charge in [-0.3, -0.25) is 4.79 Å². The molecule has 0 saturated heterocycles. The number of hydrogen-bond donors (Lipinski definition) is 2. The molecule has 2 aromatic carbocycles. The van der Waals surface area contributed by atoms with Crippen molar-refractivity contribution >= 4 is 33.2 Å². The second-order valence-corrected chi connectivity index (χ2v) is 9.22. The number of benzene rings is 2. The molecular formula is C19H25ClN3O3S+. The van der Waals surface area contributed by atoms with E-state index in [2.05, 4.69) is 5.32 Å². The molecule has 0 aliphatic carbocycles. The van der Waals surface area contributed by atoms with Crippen LogP contribution in [0, 0.1) is 0 Å². The quantitative estimate of drug-likeness (QED) is 0.734. The Morgan fingerprint density at radius 1 is 1.11 bits per heavy atom. The molecule has 8 heteroatoms. The van der Waals surface area contributed by atoms with E-state index in [1.54, 1.807) is 19.1 Å². The molecule has 0 saturated carbocycles. The average molecular weight is 411 g/mol. The lowest BCUT2D eigenvalue weighted by molar-refractivity contribution is -0.709. The van der Waals surface area contributed by atoms with Gasteiger partial charge in [-0.2, -0.15) is 0 Å². The molecule has 2 atom stereocenters. The van der Waals surface area contributed by atoms with Gasteiger partial charge in [0.05, 0.1) is 4.90 Å². The summed E-state index contributed by atoms with van der Waals surface area (Å²) in [6, 6.07) is 13.4. The number of rotatable bonds is 7. The summed E-state index contributed by atoms with van der Waals surface area (Å²) in [5.41, 5.74) is 1.47. The van der Waals surface area contributed by atoms with Gasteiger partial charge in [-0.15, -0.1) is 0 Å². The minimum absolute atomic E-state index is 0.0462. The summed E-state index contributed by atoms with van der Waals surface area (Å²) in [7, 11) is -0.619. The predicted molar refractivity (Wildman–Crippen MR) is 107 cm³/mol. The number of halogens is 1. The van der Waals surface area contributed by atoms with E-state index in [-0.39, 0.29) is 22.9 Å². The molecule has 0 fully saturated rings. The Labute approximate surface area is 165 Å². The van der Waals surface area contributed by atoms with Crippen LogP contribution in [0.5, 0.6) is 0 Å². The molecule has 0 bridgehead atoms. The highest BCUT2D eigenvalue weighted by Crippen LogP contribution is 2.18. The highest BCUT2D eigenvalue weighted by atomic mass is 35.5. The van der Waals surface area contributed by atoms with Crippen LogP contribution in [0.1, 0.15) is 25.5 Å².